The van der Waals surface area contributed by atoms with Crippen molar-refractivity contribution < 1.29 is 35.7 Å². The topological polar surface area (TPSA) is 148 Å². The van der Waals surface area contributed by atoms with Gasteiger partial charge in [0, 0.05) is 35.5 Å². The highest BCUT2D eigenvalue weighted by molar-refractivity contribution is 5.93. The van der Waals surface area contributed by atoms with E-state index >= 15 is 0 Å². The van der Waals surface area contributed by atoms with Crippen molar-refractivity contribution in [1.29, 1.82) is 0 Å². The molecule has 0 saturated carbocycles. The highest BCUT2D eigenvalue weighted by Crippen LogP contribution is 2.64. The maximum absolute atomic E-state index is 12.1. The van der Waals surface area contributed by atoms with Gasteiger partial charge in [0.05, 0.1) is 11.2 Å². The lowest BCUT2D eigenvalue weighted by Crippen LogP contribution is -2.63. The molecule has 9 heteroatoms. The van der Waals surface area contributed by atoms with Gasteiger partial charge in [0.2, 0.25) is 0 Å². The number of benzene rings is 7. The monoisotopic (exact) mass is 929 g/mol. The van der Waals surface area contributed by atoms with Gasteiger partial charge in [0.1, 0.15) is 10.8 Å². The van der Waals surface area contributed by atoms with Crippen LogP contribution in [-0.4, -0.2) is 65.8 Å². The molecule has 7 N–H and O–H groups in total. The van der Waals surface area contributed by atoms with Gasteiger partial charge in [-0.1, -0.05) is 115 Å². The minimum Gasteiger partial charge on any atom is -0.389 e. The third kappa shape index (κ3) is 8.46. The molecule has 0 bridgehead atoms. The van der Waals surface area contributed by atoms with Crippen molar-refractivity contribution >= 4 is 28.4 Å². The van der Waals surface area contributed by atoms with Crippen LogP contribution in [0.4, 0.5) is 28.4 Å². The third-order valence-corrected chi connectivity index (χ3v) is 14.0. The average Bonchev–Trinajstić information content (AvgIpc) is 3.76. The molecule has 0 heterocycles. The number of aryl methyl sites for hydroxylation is 4. The van der Waals surface area contributed by atoms with Gasteiger partial charge in [0.15, 0.2) is 5.79 Å². The van der Waals surface area contributed by atoms with Crippen LogP contribution in [0.3, 0.4) is 0 Å². The van der Waals surface area contributed by atoms with Gasteiger partial charge in [-0.25, -0.2) is 0 Å². The molecule has 69 heavy (non-hydrogen) atoms. The summed E-state index contributed by atoms with van der Waals surface area (Å²) in [5.41, 5.74) is 5.20. The lowest BCUT2D eigenvalue weighted by molar-refractivity contribution is -0.364. The molecule has 0 radical (unpaired) electrons. The van der Waals surface area contributed by atoms with E-state index in [1.54, 1.807) is 42.5 Å². The number of nitrogens with zero attached hydrogens (tertiary/aromatic N) is 2. The van der Waals surface area contributed by atoms with E-state index in [4.69, 9.17) is 0 Å². The quantitative estimate of drug-likeness (QED) is 0.0703. The summed E-state index contributed by atoms with van der Waals surface area (Å²) in [7, 11) is 2.09. The van der Waals surface area contributed by atoms with Crippen molar-refractivity contribution in [2.75, 3.05) is 16.8 Å². The van der Waals surface area contributed by atoms with E-state index in [2.05, 4.69) is 74.3 Å². The highest BCUT2D eigenvalue weighted by Gasteiger charge is 2.67. The van der Waals surface area contributed by atoms with Crippen molar-refractivity contribution in [3.8, 4) is 22.3 Å². The molecule has 0 saturated heterocycles. The molecule has 0 fully saturated rings. The predicted octanol–water partition coefficient (Wildman–Crippen LogP) is 11.3. The molecule has 9 nitrogen and oxygen atoms in total. The van der Waals surface area contributed by atoms with Crippen molar-refractivity contribution in [2.45, 2.75) is 110 Å². The zero-order valence-electron chi connectivity index (χ0n) is 42.0. The van der Waals surface area contributed by atoms with E-state index < -0.39 is 33.8 Å². The summed E-state index contributed by atoms with van der Waals surface area (Å²) in [4.78, 5) is 4.21. The number of rotatable bonds is 9. The molecule has 0 amide bonds. The Labute approximate surface area is 407 Å². The van der Waals surface area contributed by atoms with Crippen molar-refractivity contribution in [2.24, 2.45) is 0 Å². The lowest BCUT2D eigenvalue weighted by atomic mass is 9.61. The number of fused-ring (bicyclic) bond motifs is 6. The zero-order chi connectivity index (χ0) is 50.6. The summed E-state index contributed by atoms with van der Waals surface area (Å²) >= 11 is 0. The Balaban J connectivity index is 0.000000328. The number of anilines is 5. The standard InChI is InChI=1S/C43H45NO7.C15H17N.C2H6/c1-25-12-16-27(17-13-25)44(28-18-14-26(2)15-19-28)29-20-21-31-33-23-36-32(24-37(33)42(35(31)22-29,39(5,6)46)43(49,50)51)30-10-8-9-11-34(30)41(36,38(3,4)45)40(7,47)48;1-12-4-8-14(9-5-12)16(3)15-10-6-13(2)7-11-15;1-2/h8-24,45-51H,1-7H3;4-11H,1-3H3;1-2H3. The first kappa shape index (κ1) is 50.7. The molecular formula is C60H68N2O7. The summed E-state index contributed by atoms with van der Waals surface area (Å²) in [6, 6.07) is 49.1. The molecule has 7 aromatic rings. The Bertz CT molecular complexity index is 2810. The molecule has 2 aliphatic carbocycles. The van der Waals surface area contributed by atoms with Gasteiger partial charge in [-0.2, -0.15) is 0 Å². The van der Waals surface area contributed by atoms with Gasteiger partial charge >= 0.3 is 0 Å². The summed E-state index contributed by atoms with van der Waals surface area (Å²) in [5, 5.41) is 81.8. The van der Waals surface area contributed by atoms with E-state index in [0.29, 0.717) is 39.1 Å². The molecule has 2 atom stereocenters. The SMILES string of the molecule is CC.Cc1ccc(N(C)c2ccc(C)cc2)cc1.Cc1ccc(N(c2ccc(C)cc2)c2ccc3c(c2)C(C(C)(C)O)(C(O)(O)O)c2cc4c(cc2-3)C(C(C)(C)O)(C(C)(O)O)c2ccccc2-4)cc1. The number of aliphatic hydroxyl groups is 7. The van der Waals surface area contributed by atoms with E-state index in [-0.39, 0.29) is 11.1 Å². The van der Waals surface area contributed by atoms with Crippen LogP contribution in [0.25, 0.3) is 22.3 Å². The summed E-state index contributed by atoms with van der Waals surface area (Å²) in [5.74, 6) is -5.94. The summed E-state index contributed by atoms with van der Waals surface area (Å²) in [6.45, 7) is 19.4. The van der Waals surface area contributed by atoms with Gasteiger partial charge in [-0.15, -0.1) is 0 Å². The summed E-state index contributed by atoms with van der Waals surface area (Å²) in [6.07, 6.45) is 0. The zero-order valence-corrected chi connectivity index (χ0v) is 42.0. The molecule has 2 unspecified atom stereocenters. The van der Waals surface area contributed by atoms with Gasteiger partial charge in [-0.3, -0.25) is 0 Å². The van der Waals surface area contributed by atoms with Crippen LogP contribution in [0.2, 0.25) is 0 Å². The van der Waals surface area contributed by atoms with Crippen LogP contribution in [0.1, 0.15) is 93.0 Å². The van der Waals surface area contributed by atoms with Crippen LogP contribution in [0.15, 0.2) is 152 Å². The first-order valence-corrected chi connectivity index (χ1v) is 23.6. The normalized spacial score (nSPS) is 17.0. The van der Waals surface area contributed by atoms with E-state index in [1.165, 1.54) is 57.1 Å². The van der Waals surface area contributed by atoms with Gasteiger partial charge < -0.3 is 45.5 Å². The van der Waals surface area contributed by atoms with Crippen molar-refractivity contribution in [1.82, 2.24) is 0 Å². The largest absolute Gasteiger partial charge is 0.389 e. The van der Waals surface area contributed by atoms with Crippen molar-refractivity contribution in [3.63, 3.8) is 0 Å². The minimum absolute atomic E-state index is 0.226. The van der Waals surface area contributed by atoms with E-state index in [1.807, 2.05) is 93.3 Å². The van der Waals surface area contributed by atoms with Crippen LogP contribution in [0, 0.1) is 27.7 Å². The Morgan fingerprint density at radius 2 is 0.696 bits per heavy atom. The molecule has 0 spiro atoms. The Morgan fingerprint density at radius 3 is 1.07 bits per heavy atom. The molecule has 360 valence electrons. The third-order valence-electron chi connectivity index (χ3n) is 14.0. The second kappa shape index (κ2) is 18.3. The Kier molecular flexibility index (Phi) is 13.5. The fourth-order valence-corrected chi connectivity index (χ4v) is 10.9. The maximum atomic E-state index is 12.1. The first-order chi connectivity index (χ1) is 32.3. The lowest BCUT2D eigenvalue weighted by Gasteiger charge is -2.49. The number of hydrogen-bond donors (Lipinski definition) is 7. The predicted molar refractivity (Wildman–Crippen MR) is 280 cm³/mol. The molecule has 0 aromatic heterocycles. The second-order valence-electron chi connectivity index (χ2n) is 19.7. The van der Waals surface area contributed by atoms with Crippen LogP contribution >= 0.6 is 0 Å². The fraction of sp³-hybridized carbons (Fsp3) is 0.300. The maximum Gasteiger partial charge on any atom is 0.292 e. The minimum atomic E-state index is -3.48. The van der Waals surface area contributed by atoms with Crippen LogP contribution in [-0.2, 0) is 10.8 Å². The smallest absolute Gasteiger partial charge is 0.292 e. The van der Waals surface area contributed by atoms with Gasteiger partial charge in [0.25, 0.3) is 5.97 Å². The molecule has 2 aliphatic rings. The average molecular weight is 929 g/mol. The van der Waals surface area contributed by atoms with Crippen LogP contribution in [0.5, 0.6) is 0 Å². The van der Waals surface area contributed by atoms with E-state index in [9.17, 15) is 35.7 Å². The molecular weight excluding hydrogens is 861 g/mol. The highest BCUT2D eigenvalue weighted by atomic mass is 16.7. The first-order valence-electron chi connectivity index (χ1n) is 23.6. The van der Waals surface area contributed by atoms with Gasteiger partial charge in [-0.05, 0) is 180 Å². The van der Waals surface area contributed by atoms with Crippen molar-refractivity contribution in [3.05, 3.63) is 196 Å². The summed E-state index contributed by atoms with van der Waals surface area (Å²) < 4.78 is 0. The second-order valence-corrected chi connectivity index (χ2v) is 19.7. The molecule has 9 rings (SSSR count). The molecule has 7 aromatic carbocycles. The Hall–Kier alpha value is -6.14. The Morgan fingerprint density at radius 1 is 0.362 bits per heavy atom. The molecule has 0 aliphatic heterocycles. The van der Waals surface area contributed by atoms with Crippen LogP contribution < -0.4 is 9.80 Å². The number of hydrogen-bond acceptors (Lipinski definition) is 9. The fourth-order valence-electron chi connectivity index (χ4n) is 10.9. The van der Waals surface area contributed by atoms with E-state index in [0.717, 1.165) is 22.5 Å².